The van der Waals surface area contributed by atoms with E-state index < -0.39 is 29.9 Å². The van der Waals surface area contributed by atoms with Gasteiger partial charge in [-0.2, -0.15) is 0 Å². The lowest BCUT2D eigenvalue weighted by atomic mass is 9.91. The van der Waals surface area contributed by atoms with Crippen LogP contribution in [-0.2, 0) is 21.7 Å². The number of halogens is 1. The number of urea groups is 1. The van der Waals surface area contributed by atoms with Crippen molar-refractivity contribution >= 4 is 39.7 Å². The zero-order chi connectivity index (χ0) is 22.9. The molecule has 1 aliphatic rings. The first-order valence-corrected chi connectivity index (χ1v) is 10.7. The van der Waals surface area contributed by atoms with Crippen molar-refractivity contribution in [2.45, 2.75) is 25.9 Å². The fraction of sp³-hybridized carbons (Fsp3) is 0.227. The Morgan fingerprint density at radius 2 is 1.81 bits per heavy atom. The van der Waals surface area contributed by atoms with Crippen LogP contribution in [0.1, 0.15) is 23.6 Å². The Bertz CT molecular complexity index is 1180. The molecule has 2 aromatic carbocycles. The van der Waals surface area contributed by atoms with E-state index in [2.05, 4.69) is 36.6 Å². The first-order chi connectivity index (χ1) is 15.2. The van der Waals surface area contributed by atoms with Gasteiger partial charge in [-0.15, -0.1) is 5.10 Å². The SMILES string of the molecule is Cc1ccc(C2(C)NC(=O)N(CC(=O)Nc3ncn(Cc4ccc(Br)cc4)n3)C2=O)cc1. The highest BCUT2D eigenvalue weighted by atomic mass is 79.9. The van der Waals surface area contributed by atoms with Crippen molar-refractivity contribution in [3.05, 3.63) is 76.0 Å². The lowest BCUT2D eigenvalue weighted by Crippen LogP contribution is -2.42. The first kappa shape index (κ1) is 21.7. The fourth-order valence-electron chi connectivity index (χ4n) is 3.44. The minimum absolute atomic E-state index is 0.0977. The van der Waals surface area contributed by atoms with Gasteiger partial charge in [-0.05, 0) is 37.1 Å². The fourth-order valence-corrected chi connectivity index (χ4v) is 3.70. The van der Waals surface area contributed by atoms with Gasteiger partial charge in [-0.3, -0.25) is 19.8 Å². The summed E-state index contributed by atoms with van der Waals surface area (Å²) in [6.07, 6.45) is 1.50. The van der Waals surface area contributed by atoms with E-state index in [-0.39, 0.29) is 5.95 Å². The van der Waals surface area contributed by atoms with Gasteiger partial charge in [0.1, 0.15) is 18.4 Å². The zero-order valence-electron chi connectivity index (χ0n) is 17.5. The van der Waals surface area contributed by atoms with Gasteiger partial charge in [-0.25, -0.2) is 14.5 Å². The molecule has 10 heteroatoms. The van der Waals surface area contributed by atoms with Crippen LogP contribution in [0.4, 0.5) is 10.7 Å². The highest BCUT2D eigenvalue weighted by Crippen LogP contribution is 2.28. The summed E-state index contributed by atoms with van der Waals surface area (Å²) < 4.78 is 2.56. The minimum Gasteiger partial charge on any atom is -0.319 e. The maximum Gasteiger partial charge on any atom is 0.325 e. The molecule has 1 aromatic heterocycles. The van der Waals surface area contributed by atoms with Crippen LogP contribution in [-0.4, -0.2) is 44.1 Å². The Hall–Kier alpha value is -3.53. The second-order valence-corrected chi connectivity index (χ2v) is 8.67. The number of aryl methyl sites for hydroxylation is 1. The Labute approximate surface area is 192 Å². The van der Waals surface area contributed by atoms with E-state index in [1.54, 1.807) is 23.7 Å². The molecule has 9 nitrogen and oxygen atoms in total. The van der Waals surface area contributed by atoms with Gasteiger partial charge in [0.25, 0.3) is 5.91 Å². The van der Waals surface area contributed by atoms with Gasteiger partial charge in [-0.1, -0.05) is 57.9 Å². The van der Waals surface area contributed by atoms with Crippen LogP contribution in [0.15, 0.2) is 59.3 Å². The zero-order valence-corrected chi connectivity index (χ0v) is 19.1. The minimum atomic E-state index is -1.23. The normalized spacial score (nSPS) is 18.0. The van der Waals surface area contributed by atoms with Crippen LogP contribution in [0.25, 0.3) is 0 Å². The van der Waals surface area contributed by atoms with Crippen molar-refractivity contribution < 1.29 is 14.4 Å². The van der Waals surface area contributed by atoms with Crippen molar-refractivity contribution in [2.75, 3.05) is 11.9 Å². The number of anilines is 1. The summed E-state index contributed by atoms with van der Waals surface area (Å²) in [6.45, 7) is 3.61. The van der Waals surface area contributed by atoms with Gasteiger partial charge in [0.2, 0.25) is 11.9 Å². The third-order valence-electron chi connectivity index (χ3n) is 5.25. The Morgan fingerprint density at radius 1 is 1.12 bits per heavy atom. The largest absolute Gasteiger partial charge is 0.325 e. The number of imide groups is 1. The summed E-state index contributed by atoms with van der Waals surface area (Å²) in [7, 11) is 0. The summed E-state index contributed by atoms with van der Waals surface area (Å²) in [6, 6.07) is 14.4. The summed E-state index contributed by atoms with van der Waals surface area (Å²) >= 11 is 3.39. The number of hydrogen-bond donors (Lipinski definition) is 2. The van der Waals surface area contributed by atoms with E-state index >= 15 is 0 Å². The molecule has 2 N–H and O–H groups in total. The number of rotatable bonds is 6. The predicted octanol–water partition coefficient (Wildman–Crippen LogP) is 2.80. The molecule has 3 aromatic rings. The Kier molecular flexibility index (Phi) is 5.79. The van der Waals surface area contributed by atoms with Gasteiger partial charge in [0.05, 0.1) is 6.54 Å². The van der Waals surface area contributed by atoms with E-state index in [9.17, 15) is 14.4 Å². The number of aromatic nitrogens is 3. The summed E-state index contributed by atoms with van der Waals surface area (Å²) in [5.74, 6) is -0.960. The molecular weight excluding hydrogens is 476 g/mol. The Balaban J connectivity index is 1.39. The highest BCUT2D eigenvalue weighted by molar-refractivity contribution is 9.10. The smallest absolute Gasteiger partial charge is 0.319 e. The predicted molar refractivity (Wildman–Crippen MR) is 121 cm³/mol. The lowest BCUT2D eigenvalue weighted by molar-refractivity contribution is -0.133. The quantitative estimate of drug-likeness (QED) is 0.510. The number of benzene rings is 2. The second kappa shape index (κ2) is 8.54. The molecule has 1 unspecified atom stereocenters. The van der Waals surface area contributed by atoms with E-state index in [0.29, 0.717) is 12.1 Å². The van der Waals surface area contributed by atoms with Crippen LogP contribution >= 0.6 is 15.9 Å². The highest BCUT2D eigenvalue weighted by Gasteiger charge is 2.49. The van der Waals surface area contributed by atoms with Crippen LogP contribution in [0.3, 0.4) is 0 Å². The summed E-state index contributed by atoms with van der Waals surface area (Å²) in [4.78, 5) is 42.8. The topological polar surface area (TPSA) is 109 Å². The number of hydrogen-bond acceptors (Lipinski definition) is 5. The molecular formula is C22H21BrN6O3. The molecule has 0 spiro atoms. The average molecular weight is 497 g/mol. The van der Waals surface area contributed by atoms with E-state index in [1.807, 2.05) is 43.3 Å². The number of nitrogens with zero attached hydrogens (tertiary/aromatic N) is 4. The maximum absolute atomic E-state index is 13.0. The number of amides is 4. The van der Waals surface area contributed by atoms with Crippen molar-refractivity contribution in [3.63, 3.8) is 0 Å². The van der Waals surface area contributed by atoms with Crippen LogP contribution in [0, 0.1) is 6.92 Å². The van der Waals surface area contributed by atoms with Crippen LogP contribution < -0.4 is 10.6 Å². The number of carbonyl (C=O) groups excluding carboxylic acids is 3. The van der Waals surface area contributed by atoms with Gasteiger partial charge in [0.15, 0.2) is 0 Å². The van der Waals surface area contributed by atoms with Crippen molar-refractivity contribution in [2.24, 2.45) is 0 Å². The second-order valence-electron chi connectivity index (χ2n) is 7.75. The molecule has 1 fully saturated rings. The van der Waals surface area contributed by atoms with Gasteiger partial charge >= 0.3 is 6.03 Å². The van der Waals surface area contributed by atoms with Crippen LogP contribution in [0.2, 0.25) is 0 Å². The Morgan fingerprint density at radius 3 is 2.50 bits per heavy atom. The van der Waals surface area contributed by atoms with Gasteiger partial charge < -0.3 is 5.32 Å². The van der Waals surface area contributed by atoms with Crippen LogP contribution in [0.5, 0.6) is 0 Å². The molecule has 2 heterocycles. The maximum atomic E-state index is 13.0. The van der Waals surface area contributed by atoms with Crippen molar-refractivity contribution in [1.82, 2.24) is 25.0 Å². The standard InChI is InChI=1S/C22H21BrN6O3/c1-14-3-7-16(8-4-14)22(2)19(31)29(21(32)26-22)12-18(30)25-20-24-13-28(27-20)11-15-5-9-17(23)10-6-15/h3-10,13H,11-12H2,1-2H3,(H,26,32)(H,25,27,30). The van der Waals surface area contributed by atoms with Crippen molar-refractivity contribution in [1.29, 1.82) is 0 Å². The molecule has 1 aliphatic heterocycles. The molecule has 1 atom stereocenters. The van der Waals surface area contributed by atoms with E-state index in [1.165, 1.54) is 6.33 Å². The molecule has 32 heavy (non-hydrogen) atoms. The van der Waals surface area contributed by atoms with E-state index in [4.69, 9.17) is 0 Å². The average Bonchev–Trinajstić information content (AvgIpc) is 3.28. The lowest BCUT2D eigenvalue weighted by Gasteiger charge is -2.22. The molecule has 4 rings (SSSR count). The molecule has 0 bridgehead atoms. The molecule has 0 saturated carbocycles. The molecule has 4 amide bonds. The van der Waals surface area contributed by atoms with Gasteiger partial charge in [0, 0.05) is 4.47 Å². The number of nitrogens with one attached hydrogen (secondary N) is 2. The summed E-state index contributed by atoms with van der Waals surface area (Å²) in [5, 5.41) is 9.45. The molecule has 1 saturated heterocycles. The van der Waals surface area contributed by atoms with E-state index in [0.717, 1.165) is 20.5 Å². The molecule has 0 radical (unpaired) electrons. The van der Waals surface area contributed by atoms with Crippen molar-refractivity contribution in [3.8, 4) is 0 Å². The third kappa shape index (κ3) is 4.40. The third-order valence-corrected chi connectivity index (χ3v) is 5.78. The monoisotopic (exact) mass is 496 g/mol. The number of carbonyl (C=O) groups is 3. The first-order valence-electron chi connectivity index (χ1n) is 9.89. The summed E-state index contributed by atoms with van der Waals surface area (Å²) in [5.41, 5.74) is 1.48. The molecule has 164 valence electrons. The molecule has 0 aliphatic carbocycles.